The van der Waals surface area contributed by atoms with Crippen LogP contribution in [-0.2, 0) is 4.79 Å². The van der Waals surface area contributed by atoms with Crippen molar-refractivity contribution in [3.05, 3.63) is 23.9 Å². The van der Waals surface area contributed by atoms with E-state index < -0.39 is 0 Å². The second kappa shape index (κ2) is 7.20. The standard InChI is InChI=1S/C19H29NO/c1-5-17(21)11-15-8-7-9-16(10-15)19-18(6-2)14(4)13(3)12-20-19/h6,12-16H,2,5,7-11H2,1,3-4H3/t13?,14?,15-,16?/m1/s1. The van der Waals surface area contributed by atoms with Gasteiger partial charge in [0.05, 0.1) is 0 Å². The number of hydrogen-bond donors (Lipinski definition) is 0. The molecular formula is C19H29NO. The number of Topliss-reactive ketones (excluding diaryl/α,β-unsaturated/α-hetero) is 1. The highest BCUT2D eigenvalue weighted by molar-refractivity contribution is 5.78. The van der Waals surface area contributed by atoms with E-state index in [9.17, 15) is 4.79 Å². The highest BCUT2D eigenvalue weighted by atomic mass is 16.1. The molecule has 4 atom stereocenters. The fourth-order valence-corrected chi connectivity index (χ4v) is 3.74. The van der Waals surface area contributed by atoms with E-state index in [4.69, 9.17) is 4.99 Å². The molecule has 0 aromatic carbocycles. The number of hydrogen-bond acceptors (Lipinski definition) is 2. The Labute approximate surface area is 129 Å². The van der Waals surface area contributed by atoms with Crippen LogP contribution in [-0.4, -0.2) is 12.0 Å². The first-order valence-corrected chi connectivity index (χ1v) is 8.49. The predicted octanol–water partition coefficient (Wildman–Crippen LogP) is 4.96. The van der Waals surface area contributed by atoms with Crippen molar-refractivity contribution in [1.29, 1.82) is 0 Å². The molecule has 1 aliphatic carbocycles. The average Bonchev–Trinajstić information content (AvgIpc) is 2.50. The number of rotatable bonds is 5. The maximum Gasteiger partial charge on any atom is 0.132 e. The van der Waals surface area contributed by atoms with E-state index in [2.05, 4.69) is 26.6 Å². The number of ketones is 1. The van der Waals surface area contributed by atoms with E-state index in [0.717, 1.165) is 12.8 Å². The van der Waals surface area contributed by atoms with Crippen molar-refractivity contribution in [2.24, 2.45) is 28.7 Å². The average molecular weight is 287 g/mol. The van der Waals surface area contributed by atoms with Crippen LogP contribution in [0.25, 0.3) is 0 Å². The third-order valence-corrected chi connectivity index (χ3v) is 5.32. The first-order chi connectivity index (χ1) is 10.1. The van der Waals surface area contributed by atoms with Crippen LogP contribution in [0, 0.1) is 23.7 Å². The Morgan fingerprint density at radius 1 is 1.43 bits per heavy atom. The number of allylic oxidation sites excluding steroid dienone is 3. The highest BCUT2D eigenvalue weighted by Gasteiger charge is 2.30. The SMILES string of the molecule is C=CC1=C(C2CCC[C@@H](CC(=O)CC)C2)N=CC(C)C1C. The van der Waals surface area contributed by atoms with Gasteiger partial charge in [-0.05, 0) is 42.6 Å². The molecule has 1 aliphatic heterocycles. The molecule has 0 bridgehead atoms. The van der Waals surface area contributed by atoms with Crippen molar-refractivity contribution < 1.29 is 4.79 Å². The lowest BCUT2D eigenvalue weighted by Crippen LogP contribution is -2.24. The van der Waals surface area contributed by atoms with Crippen LogP contribution in [0.5, 0.6) is 0 Å². The molecule has 2 nitrogen and oxygen atoms in total. The zero-order chi connectivity index (χ0) is 15.4. The Hall–Kier alpha value is -1.18. The molecule has 0 spiro atoms. The second-order valence-electron chi connectivity index (χ2n) is 6.80. The van der Waals surface area contributed by atoms with Gasteiger partial charge in [0.2, 0.25) is 0 Å². The molecule has 0 saturated heterocycles. The number of carbonyl (C=O) groups is 1. The van der Waals surface area contributed by atoms with Crippen LogP contribution in [0.2, 0.25) is 0 Å². The summed E-state index contributed by atoms with van der Waals surface area (Å²) in [7, 11) is 0. The van der Waals surface area contributed by atoms with Gasteiger partial charge in [0.15, 0.2) is 0 Å². The molecule has 1 heterocycles. The van der Waals surface area contributed by atoms with Gasteiger partial charge in [-0.1, -0.05) is 39.8 Å². The molecule has 0 aromatic rings. The maximum atomic E-state index is 11.7. The van der Waals surface area contributed by atoms with E-state index in [1.54, 1.807) is 0 Å². The van der Waals surface area contributed by atoms with Gasteiger partial charge in [-0.25, -0.2) is 0 Å². The Morgan fingerprint density at radius 2 is 2.19 bits per heavy atom. The van der Waals surface area contributed by atoms with Gasteiger partial charge in [0, 0.05) is 30.7 Å². The number of carbonyl (C=O) groups excluding carboxylic acids is 1. The fraction of sp³-hybridized carbons (Fsp3) is 0.684. The molecule has 0 amide bonds. The van der Waals surface area contributed by atoms with Crippen LogP contribution in [0.4, 0.5) is 0 Å². The summed E-state index contributed by atoms with van der Waals surface area (Å²) >= 11 is 0. The third-order valence-electron chi connectivity index (χ3n) is 5.32. The van der Waals surface area contributed by atoms with Crippen molar-refractivity contribution in [2.45, 2.75) is 59.3 Å². The zero-order valence-corrected chi connectivity index (χ0v) is 13.8. The molecule has 116 valence electrons. The summed E-state index contributed by atoms with van der Waals surface area (Å²) < 4.78 is 0. The topological polar surface area (TPSA) is 29.4 Å². The normalized spacial score (nSPS) is 33.1. The Morgan fingerprint density at radius 3 is 2.86 bits per heavy atom. The molecular weight excluding hydrogens is 258 g/mol. The van der Waals surface area contributed by atoms with E-state index in [-0.39, 0.29) is 0 Å². The first kappa shape index (κ1) is 16.2. The first-order valence-electron chi connectivity index (χ1n) is 8.49. The van der Waals surface area contributed by atoms with Crippen LogP contribution in [0.1, 0.15) is 59.3 Å². The third kappa shape index (κ3) is 3.72. The van der Waals surface area contributed by atoms with E-state index in [1.807, 2.05) is 13.0 Å². The minimum atomic E-state index is 0.410. The van der Waals surface area contributed by atoms with Gasteiger partial charge < -0.3 is 0 Å². The number of nitrogens with zero attached hydrogens (tertiary/aromatic N) is 1. The van der Waals surface area contributed by atoms with Crippen LogP contribution < -0.4 is 0 Å². The summed E-state index contributed by atoms with van der Waals surface area (Å²) in [5.41, 5.74) is 2.58. The Kier molecular flexibility index (Phi) is 5.55. The van der Waals surface area contributed by atoms with Crippen molar-refractivity contribution >= 4 is 12.0 Å². The molecule has 0 aromatic heterocycles. The molecule has 2 heteroatoms. The van der Waals surface area contributed by atoms with Crippen molar-refractivity contribution in [1.82, 2.24) is 0 Å². The predicted molar refractivity (Wildman–Crippen MR) is 89.4 cm³/mol. The molecule has 0 radical (unpaired) electrons. The smallest absolute Gasteiger partial charge is 0.132 e. The fourth-order valence-electron chi connectivity index (χ4n) is 3.74. The minimum absolute atomic E-state index is 0.410. The summed E-state index contributed by atoms with van der Waals surface area (Å²) in [5, 5.41) is 0. The quantitative estimate of drug-likeness (QED) is 0.702. The molecule has 0 N–H and O–H groups in total. The summed E-state index contributed by atoms with van der Waals surface area (Å²) in [6.07, 6.45) is 10.3. The Bertz CT molecular complexity index is 460. The van der Waals surface area contributed by atoms with Gasteiger partial charge in [-0.3, -0.25) is 9.79 Å². The molecule has 2 rings (SSSR count). The van der Waals surface area contributed by atoms with Crippen molar-refractivity contribution in [2.75, 3.05) is 0 Å². The van der Waals surface area contributed by atoms with Crippen LogP contribution in [0.3, 0.4) is 0 Å². The van der Waals surface area contributed by atoms with Gasteiger partial charge in [-0.15, -0.1) is 0 Å². The van der Waals surface area contributed by atoms with Crippen molar-refractivity contribution in [3.63, 3.8) is 0 Å². The summed E-state index contributed by atoms with van der Waals surface area (Å²) in [6.45, 7) is 10.5. The summed E-state index contributed by atoms with van der Waals surface area (Å²) in [5.74, 6) is 2.48. The number of aliphatic imine (C=N–C) groups is 1. The maximum absolute atomic E-state index is 11.7. The highest BCUT2D eigenvalue weighted by Crippen LogP contribution is 2.40. The Balaban J connectivity index is 2.13. The van der Waals surface area contributed by atoms with Gasteiger partial charge in [0.25, 0.3) is 0 Å². The summed E-state index contributed by atoms with van der Waals surface area (Å²) in [6, 6.07) is 0. The van der Waals surface area contributed by atoms with Crippen molar-refractivity contribution in [3.8, 4) is 0 Å². The molecule has 21 heavy (non-hydrogen) atoms. The van der Waals surface area contributed by atoms with Crippen LogP contribution in [0.15, 0.2) is 28.9 Å². The minimum Gasteiger partial charge on any atom is -0.300 e. The second-order valence-corrected chi connectivity index (χ2v) is 6.80. The molecule has 1 saturated carbocycles. The molecule has 3 unspecified atom stereocenters. The zero-order valence-electron chi connectivity index (χ0n) is 13.8. The molecule has 1 fully saturated rings. The monoisotopic (exact) mass is 287 g/mol. The van der Waals surface area contributed by atoms with E-state index in [0.29, 0.717) is 35.9 Å². The summed E-state index contributed by atoms with van der Waals surface area (Å²) in [4.78, 5) is 16.5. The van der Waals surface area contributed by atoms with Crippen LogP contribution >= 0.6 is 0 Å². The van der Waals surface area contributed by atoms with Gasteiger partial charge in [0.1, 0.15) is 5.78 Å². The van der Waals surface area contributed by atoms with Gasteiger partial charge in [-0.2, -0.15) is 0 Å². The largest absolute Gasteiger partial charge is 0.300 e. The molecule has 2 aliphatic rings. The lowest BCUT2D eigenvalue weighted by atomic mass is 9.74. The van der Waals surface area contributed by atoms with Gasteiger partial charge >= 0.3 is 0 Å². The van der Waals surface area contributed by atoms with E-state index in [1.165, 1.54) is 30.5 Å². The van der Waals surface area contributed by atoms with E-state index >= 15 is 0 Å². The lowest BCUT2D eigenvalue weighted by molar-refractivity contribution is -0.119. The lowest BCUT2D eigenvalue weighted by Gasteiger charge is -2.33.